The van der Waals surface area contributed by atoms with Gasteiger partial charge in [0.25, 0.3) is 0 Å². The molecule has 50 heavy (non-hydrogen) atoms. The van der Waals surface area contributed by atoms with Gasteiger partial charge < -0.3 is 23.1 Å². The van der Waals surface area contributed by atoms with Crippen LogP contribution in [0.2, 0.25) is 55.9 Å². The molecule has 2 saturated carbocycles. The molecule has 0 aromatic carbocycles. The van der Waals surface area contributed by atoms with Crippen LogP contribution >= 0.6 is 0 Å². The zero-order chi connectivity index (χ0) is 38.3. The van der Waals surface area contributed by atoms with E-state index in [-0.39, 0.29) is 51.9 Å². The van der Waals surface area contributed by atoms with Crippen molar-refractivity contribution in [3.8, 4) is 11.8 Å². The van der Waals surface area contributed by atoms with Gasteiger partial charge >= 0.3 is 5.97 Å². The first kappa shape index (κ1) is 45.4. The largest absolute Gasteiger partial charge is 0.469 e. The molecule has 2 aliphatic carbocycles. The molecule has 0 bridgehead atoms. The Kier molecular flexibility index (Phi) is 16.8. The third-order valence-electron chi connectivity index (χ3n) is 12.0. The highest BCUT2D eigenvalue weighted by Crippen LogP contribution is 2.45. The zero-order valence-electron chi connectivity index (χ0n) is 35.2. The molecule has 1 N–H and O–H groups in total. The minimum absolute atomic E-state index is 0.00500. The second kappa shape index (κ2) is 18.5. The van der Waals surface area contributed by atoms with Gasteiger partial charge in [-0.1, -0.05) is 105 Å². The molecular weight excluding hydrogens is 673 g/mol. The van der Waals surface area contributed by atoms with E-state index >= 15 is 0 Å². The molecule has 2 rings (SSSR count). The first-order chi connectivity index (χ1) is 22.8. The minimum atomic E-state index is -2.16. The van der Waals surface area contributed by atoms with Crippen molar-refractivity contribution < 1.29 is 27.9 Å². The average Bonchev–Trinajstić information content (AvgIpc) is 3.28. The molecule has 9 heteroatoms. The molecule has 0 aliphatic heterocycles. The van der Waals surface area contributed by atoms with Crippen LogP contribution in [-0.4, -0.2) is 67.6 Å². The van der Waals surface area contributed by atoms with E-state index in [1.807, 2.05) is 0 Å². The Morgan fingerprint density at radius 2 is 1.56 bits per heavy atom. The van der Waals surface area contributed by atoms with E-state index in [2.05, 4.69) is 125 Å². The maximum absolute atomic E-state index is 12.4. The number of methoxy groups -OCH3 is 1. The van der Waals surface area contributed by atoms with E-state index < -0.39 is 37.2 Å². The number of hydrogen-bond donors (Lipinski definition) is 1. The zero-order valence-corrected chi connectivity index (χ0v) is 38.2. The first-order valence-electron chi connectivity index (χ1n) is 19.8. The lowest BCUT2D eigenvalue weighted by Gasteiger charge is -2.41. The number of carbonyl (C=O) groups excluding carboxylic acids is 1. The molecule has 0 heterocycles. The van der Waals surface area contributed by atoms with Crippen molar-refractivity contribution in [3.05, 3.63) is 12.2 Å². The van der Waals surface area contributed by atoms with E-state index in [4.69, 9.17) is 18.0 Å². The van der Waals surface area contributed by atoms with Crippen LogP contribution in [0, 0.1) is 41.4 Å². The minimum Gasteiger partial charge on any atom is -0.469 e. The van der Waals surface area contributed by atoms with Crippen LogP contribution < -0.4 is 0 Å². The molecule has 9 atom stereocenters. The van der Waals surface area contributed by atoms with Gasteiger partial charge in [-0.05, 0) is 93.9 Å². The highest BCUT2D eigenvalue weighted by atomic mass is 28.4. The summed E-state index contributed by atoms with van der Waals surface area (Å²) in [5.74, 6) is 7.29. The van der Waals surface area contributed by atoms with Gasteiger partial charge in [0.1, 0.15) is 6.10 Å². The predicted octanol–water partition coefficient (Wildman–Crippen LogP) is 10.7. The van der Waals surface area contributed by atoms with Crippen LogP contribution in [-0.2, 0) is 22.8 Å². The van der Waals surface area contributed by atoms with Gasteiger partial charge in [0.05, 0.1) is 31.3 Å². The van der Waals surface area contributed by atoms with Crippen LogP contribution in [0.25, 0.3) is 0 Å². The summed E-state index contributed by atoms with van der Waals surface area (Å²) in [6.07, 6.45) is 12.2. The smallest absolute Gasteiger partial charge is 0.308 e. The fraction of sp³-hybridized carbons (Fsp3) is 0.878. The molecule has 0 aromatic heterocycles. The lowest BCUT2D eigenvalue weighted by molar-refractivity contribution is -0.146. The van der Waals surface area contributed by atoms with Crippen molar-refractivity contribution in [2.45, 2.75) is 193 Å². The normalized spacial score (nSPS) is 27.5. The average molecular weight is 751 g/mol. The number of esters is 1. The third kappa shape index (κ3) is 13.6. The summed E-state index contributed by atoms with van der Waals surface area (Å²) in [6.45, 7) is 34.3. The van der Waals surface area contributed by atoms with Gasteiger partial charge in [-0.2, -0.15) is 0 Å². The Morgan fingerprint density at radius 1 is 0.940 bits per heavy atom. The predicted molar refractivity (Wildman–Crippen MR) is 218 cm³/mol. The molecule has 3 unspecified atom stereocenters. The van der Waals surface area contributed by atoms with Crippen molar-refractivity contribution in [1.29, 1.82) is 0 Å². The van der Waals surface area contributed by atoms with Crippen molar-refractivity contribution >= 4 is 30.9 Å². The molecular formula is C41H78O6Si3. The molecule has 0 radical (unpaired) electrons. The number of aliphatic hydroxyl groups excluding tert-OH is 1. The van der Waals surface area contributed by atoms with Crippen molar-refractivity contribution in [2.24, 2.45) is 29.6 Å². The van der Waals surface area contributed by atoms with Crippen LogP contribution in [0.3, 0.4) is 0 Å². The van der Waals surface area contributed by atoms with E-state index in [9.17, 15) is 9.90 Å². The second-order valence-electron chi connectivity index (χ2n) is 19.7. The quantitative estimate of drug-likeness (QED) is 0.0777. The fourth-order valence-electron chi connectivity index (χ4n) is 6.92. The molecule has 0 saturated heterocycles. The van der Waals surface area contributed by atoms with Gasteiger partial charge in [0, 0.05) is 17.8 Å². The lowest BCUT2D eigenvalue weighted by Crippen LogP contribution is -2.46. The van der Waals surface area contributed by atoms with Gasteiger partial charge in [-0.15, -0.1) is 0 Å². The summed E-state index contributed by atoms with van der Waals surface area (Å²) in [4.78, 5) is 12.4. The molecule has 2 fully saturated rings. The summed E-state index contributed by atoms with van der Waals surface area (Å²) in [7, 11) is -4.81. The van der Waals surface area contributed by atoms with E-state index in [0.29, 0.717) is 12.3 Å². The Morgan fingerprint density at radius 3 is 2.10 bits per heavy atom. The summed E-state index contributed by atoms with van der Waals surface area (Å²) in [5, 5.41) is 12.1. The van der Waals surface area contributed by atoms with Gasteiger partial charge in [0.2, 0.25) is 0 Å². The number of ether oxygens (including phenoxy) is 1. The van der Waals surface area contributed by atoms with E-state index in [1.54, 1.807) is 0 Å². The summed E-state index contributed by atoms with van der Waals surface area (Å²) >= 11 is 0. The van der Waals surface area contributed by atoms with Crippen molar-refractivity contribution in [1.82, 2.24) is 0 Å². The lowest BCUT2D eigenvalue weighted by atomic mass is 9.81. The second-order valence-corrected chi connectivity index (χ2v) is 33.7. The maximum atomic E-state index is 12.4. The molecule has 0 aromatic rings. The van der Waals surface area contributed by atoms with Crippen LogP contribution in [0.15, 0.2) is 12.2 Å². The highest BCUT2D eigenvalue weighted by molar-refractivity contribution is 6.74. The molecule has 6 nitrogen and oxygen atoms in total. The van der Waals surface area contributed by atoms with Crippen molar-refractivity contribution in [2.75, 3.05) is 7.11 Å². The first-order valence-corrected chi connectivity index (χ1v) is 29.0. The number of carbonyl (C=O) groups is 1. The van der Waals surface area contributed by atoms with Gasteiger partial charge in [-0.3, -0.25) is 4.79 Å². The monoisotopic (exact) mass is 751 g/mol. The number of unbranched alkanes of at least 4 members (excludes halogenated alkanes) is 1. The SMILES string of the molecule is CCCC[C@H](C)C[C@@H](/C=C/[C@@H]1[C@@H](C(C#CC2CCCC(C(=O)OC)C2)O[Si](C)(C)C)[C@@H](O)C[C@H]1O[Si](C)(C)C(C)(C)C)O[Si](C)(C)C(C)(C)C. The van der Waals surface area contributed by atoms with Crippen LogP contribution in [0.1, 0.15) is 113 Å². The Bertz CT molecular complexity index is 1150. The Balaban J connectivity index is 2.63. The highest BCUT2D eigenvalue weighted by Gasteiger charge is 2.50. The fourth-order valence-corrected chi connectivity index (χ4v) is 10.5. The standard InChI is InChI=1S/C41H78O6Si3/c1-17-18-20-30(2)27-33(45-49(13,14)40(3,4)5)24-25-34-37(47-50(15,16)41(6,7)8)29-35(42)38(34)36(46-48(10,11)12)26-23-31-21-19-22-32(28-31)39(43)44-9/h24-25,30-38,42H,17-22,27-29H2,1-16H3/b25-24+/t30-,31?,32?,33+,34-,35-,36?,37+,38+/m0/s1. The van der Waals surface area contributed by atoms with Gasteiger partial charge in [-0.25, -0.2) is 0 Å². The maximum Gasteiger partial charge on any atom is 0.308 e. The Hall–Kier alpha value is -0.739. The topological polar surface area (TPSA) is 74.2 Å². The molecule has 0 amide bonds. The summed E-state index contributed by atoms with van der Waals surface area (Å²) in [6, 6.07) is 0. The van der Waals surface area contributed by atoms with Crippen molar-refractivity contribution in [3.63, 3.8) is 0 Å². The molecule has 0 spiro atoms. The van der Waals surface area contributed by atoms with Gasteiger partial charge in [0.15, 0.2) is 25.0 Å². The molecule has 2 aliphatic rings. The van der Waals surface area contributed by atoms with Crippen LogP contribution in [0.4, 0.5) is 0 Å². The summed E-state index contributed by atoms with van der Waals surface area (Å²) < 4.78 is 26.3. The Labute approximate surface area is 312 Å². The van der Waals surface area contributed by atoms with Crippen LogP contribution in [0.5, 0.6) is 0 Å². The van der Waals surface area contributed by atoms with E-state index in [0.717, 1.165) is 32.1 Å². The number of aliphatic hydroxyl groups is 1. The molecule has 290 valence electrons. The third-order valence-corrected chi connectivity index (χ3v) is 22.0. The number of hydrogen-bond acceptors (Lipinski definition) is 6. The van der Waals surface area contributed by atoms with E-state index in [1.165, 1.54) is 26.4 Å². The number of rotatable bonds is 15. The summed E-state index contributed by atoms with van der Waals surface area (Å²) in [5.41, 5.74) is 0.